The van der Waals surface area contributed by atoms with Crippen molar-refractivity contribution in [2.45, 2.75) is 32.9 Å². The number of nitrogens with two attached hydrogens (primary N) is 1. The van der Waals surface area contributed by atoms with Gasteiger partial charge in [0.05, 0.1) is 5.92 Å². The average Bonchev–Trinajstić information content (AvgIpc) is 2.72. The first-order valence-corrected chi connectivity index (χ1v) is 7.88. The second-order valence-electron chi connectivity index (χ2n) is 6.09. The molecule has 1 amide bonds. The number of carbonyl (C=O) groups is 1. The smallest absolute Gasteiger partial charge is 0.226 e. The number of amides is 1. The number of hydrogen-bond donors (Lipinski definition) is 1. The Hall–Kier alpha value is -0.810. The summed E-state index contributed by atoms with van der Waals surface area (Å²) < 4.78 is 0. The summed E-state index contributed by atoms with van der Waals surface area (Å²) in [5.74, 6) is 0.109. The van der Waals surface area contributed by atoms with Gasteiger partial charge in [0.1, 0.15) is 0 Å². The van der Waals surface area contributed by atoms with Crippen molar-refractivity contribution < 1.29 is 4.79 Å². The Morgan fingerprint density at radius 3 is 2.35 bits per heavy atom. The predicted molar refractivity (Wildman–Crippen MR) is 100 cm³/mol. The van der Waals surface area contributed by atoms with Crippen LogP contribution >= 0.6 is 24.8 Å². The minimum Gasteiger partial charge on any atom is -0.341 e. The van der Waals surface area contributed by atoms with Crippen LogP contribution in [0.2, 0.25) is 0 Å². The number of halogens is 2. The number of benzene rings is 1. The van der Waals surface area contributed by atoms with Gasteiger partial charge in [0.15, 0.2) is 0 Å². The molecule has 2 N–H and O–H groups in total. The van der Waals surface area contributed by atoms with E-state index in [-0.39, 0.29) is 42.7 Å². The van der Waals surface area contributed by atoms with Crippen LogP contribution in [-0.2, 0) is 11.3 Å². The van der Waals surface area contributed by atoms with E-state index in [0.717, 1.165) is 39.1 Å². The first kappa shape index (κ1) is 22.2. The maximum Gasteiger partial charge on any atom is 0.226 e. The Labute approximate surface area is 152 Å². The lowest BCUT2D eigenvalue weighted by Gasteiger charge is -2.26. The van der Waals surface area contributed by atoms with Gasteiger partial charge in [0, 0.05) is 38.8 Å². The monoisotopic (exact) mass is 361 g/mol. The first-order chi connectivity index (χ1) is 10.1. The quantitative estimate of drug-likeness (QED) is 0.896. The molecule has 0 saturated carbocycles. The zero-order valence-electron chi connectivity index (χ0n) is 14.0. The molecule has 1 heterocycles. The van der Waals surface area contributed by atoms with Crippen LogP contribution in [0.3, 0.4) is 0 Å². The SMILES string of the molecule is CC(N)C(C)C(=O)N1CCCN(Cc2ccccc2)CC1.Cl.Cl. The summed E-state index contributed by atoms with van der Waals surface area (Å²) in [6.07, 6.45) is 1.03. The van der Waals surface area contributed by atoms with Gasteiger partial charge in [0.2, 0.25) is 5.91 Å². The van der Waals surface area contributed by atoms with E-state index in [9.17, 15) is 4.79 Å². The summed E-state index contributed by atoms with van der Waals surface area (Å²) in [6, 6.07) is 10.4. The van der Waals surface area contributed by atoms with Crippen molar-refractivity contribution >= 4 is 30.7 Å². The molecule has 1 aliphatic rings. The summed E-state index contributed by atoms with van der Waals surface area (Å²) in [4.78, 5) is 16.8. The van der Waals surface area contributed by atoms with E-state index < -0.39 is 0 Å². The van der Waals surface area contributed by atoms with E-state index in [2.05, 4.69) is 29.2 Å². The average molecular weight is 362 g/mol. The molecule has 0 spiro atoms. The highest BCUT2D eigenvalue weighted by Crippen LogP contribution is 2.12. The fraction of sp³-hybridized carbons (Fsp3) is 0.588. The summed E-state index contributed by atoms with van der Waals surface area (Å²) >= 11 is 0. The number of rotatable bonds is 4. The lowest BCUT2D eigenvalue weighted by atomic mass is 10.0. The van der Waals surface area contributed by atoms with Crippen molar-refractivity contribution in [2.24, 2.45) is 11.7 Å². The second kappa shape index (κ2) is 10.9. The summed E-state index contributed by atoms with van der Waals surface area (Å²) in [6.45, 7) is 8.44. The van der Waals surface area contributed by atoms with Crippen molar-refractivity contribution in [3.8, 4) is 0 Å². The molecule has 4 nitrogen and oxygen atoms in total. The molecule has 2 atom stereocenters. The minimum atomic E-state index is -0.0920. The van der Waals surface area contributed by atoms with Gasteiger partial charge in [-0.3, -0.25) is 9.69 Å². The molecule has 0 aliphatic carbocycles. The summed E-state index contributed by atoms with van der Waals surface area (Å²) in [5, 5.41) is 0. The van der Waals surface area contributed by atoms with Gasteiger partial charge in [-0.2, -0.15) is 0 Å². The van der Waals surface area contributed by atoms with Crippen LogP contribution in [0, 0.1) is 5.92 Å². The number of carbonyl (C=O) groups excluding carboxylic acids is 1. The van der Waals surface area contributed by atoms with Gasteiger partial charge in [-0.1, -0.05) is 37.3 Å². The molecule has 1 saturated heterocycles. The molecular formula is C17H29Cl2N3O. The number of hydrogen-bond acceptors (Lipinski definition) is 3. The molecule has 1 aromatic carbocycles. The van der Waals surface area contributed by atoms with Crippen LogP contribution < -0.4 is 5.73 Å². The van der Waals surface area contributed by atoms with Crippen LogP contribution in [-0.4, -0.2) is 47.9 Å². The Bertz CT molecular complexity index is 456. The Morgan fingerprint density at radius 2 is 1.74 bits per heavy atom. The van der Waals surface area contributed by atoms with Gasteiger partial charge in [-0.25, -0.2) is 0 Å². The first-order valence-electron chi connectivity index (χ1n) is 7.88. The molecule has 1 fully saturated rings. The number of nitrogens with zero attached hydrogens (tertiary/aromatic N) is 2. The van der Waals surface area contributed by atoms with E-state index in [1.165, 1.54) is 5.56 Å². The molecule has 0 aromatic heterocycles. The lowest BCUT2D eigenvalue weighted by molar-refractivity contribution is -0.135. The van der Waals surface area contributed by atoms with E-state index in [4.69, 9.17) is 5.73 Å². The third kappa shape index (κ3) is 6.68. The van der Waals surface area contributed by atoms with Crippen LogP contribution in [0.25, 0.3) is 0 Å². The van der Waals surface area contributed by atoms with Gasteiger partial charge < -0.3 is 10.6 Å². The molecule has 23 heavy (non-hydrogen) atoms. The van der Waals surface area contributed by atoms with E-state index in [1.807, 2.05) is 24.8 Å². The maximum atomic E-state index is 12.4. The summed E-state index contributed by atoms with van der Waals surface area (Å²) in [5.41, 5.74) is 7.19. The third-order valence-corrected chi connectivity index (χ3v) is 4.33. The van der Waals surface area contributed by atoms with Crippen LogP contribution in [0.1, 0.15) is 25.8 Å². The van der Waals surface area contributed by atoms with Crippen molar-refractivity contribution in [2.75, 3.05) is 26.2 Å². The van der Waals surface area contributed by atoms with Gasteiger partial charge in [-0.15, -0.1) is 24.8 Å². The Morgan fingerprint density at radius 1 is 1.09 bits per heavy atom. The maximum absolute atomic E-state index is 12.4. The fourth-order valence-corrected chi connectivity index (χ4v) is 2.70. The largest absolute Gasteiger partial charge is 0.341 e. The van der Waals surface area contributed by atoms with E-state index >= 15 is 0 Å². The zero-order chi connectivity index (χ0) is 15.2. The van der Waals surface area contributed by atoms with Crippen molar-refractivity contribution in [1.29, 1.82) is 0 Å². The Balaban J connectivity index is 0.00000242. The minimum absolute atomic E-state index is 0. The molecule has 1 aromatic rings. The lowest BCUT2D eigenvalue weighted by Crippen LogP contribution is -2.43. The van der Waals surface area contributed by atoms with Crippen LogP contribution in [0.4, 0.5) is 0 Å². The molecule has 2 rings (SSSR count). The molecule has 0 bridgehead atoms. The molecule has 0 radical (unpaired) electrons. The standard InChI is InChI=1S/C17H27N3O.2ClH/c1-14(15(2)18)17(21)20-10-6-9-19(11-12-20)13-16-7-4-3-5-8-16;;/h3-5,7-8,14-15H,6,9-13,18H2,1-2H3;2*1H. The molecule has 1 aliphatic heterocycles. The van der Waals surface area contributed by atoms with Crippen molar-refractivity contribution in [1.82, 2.24) is 9.80 Å². The molecular weight excluding hydrogens is 333 g/mol. The highest BCUT2D eigenvalue weighted by molar-refractivity contribution is 5.85. The topological polar surface area (TPSA) is 49.6 Å². The third-order valence-electron chi connectivity index (χ3n) is 4.33. The van der Waals surface area contributed by atoms with Crippen LogP contribution in [0.15, 0.2) is 30.3 Å². The van der Waals surface area contributed by atoms with Gasteiger partial charge in [-0.05, 0) is 18.9 Å². The van der Waals surface area contributed by atoms with Crippen molar-refractivity contribution in [3.63, 3.8) is 0 Å². The molecule has 2 unspecified atom stereocenters. The van der Waals surface area contributed by atoms with Gasteiger partial charge in [0.25, 0.3) is 0 Å². The predicted octanol–water partition coefficient (Wildman–Crippen LogP) is 2.55. The highest BCUT2D eigenvalue weighted by Gasteiger charge is 2.25. The fourth-order valence-electron chi connectivity index (χ4n) is 2.70. The van der Waals surface area contributed by atoms with Crippen molar-refractivity contribution in [3.05, 3.63) is 35.9 Å². The zero-order valence-corrected chi connectivity index (χ0v) is 15.6. The Kier molecular flexibility index (Phi) is 10.5. The molecule has 132 valence electrons. The normalized spacial score (nSPS) is 18.1. The highest BCUT2D eigenvalue weighted by atomic mass is 35.5. The van der Waals surface area contributed by atoms with E-state index in [0.29, 0.717) is 0 Å². The van der Waals surface area contributed by atoms with Crippen LogP contribution in [0.5, 0.6) is 0 Å². The van der Waals surface area contributed by atoms with E-state index in [1.54, 1.807) is 0 Å². The molecule has 6 heteroatoms. The van der Waals surface area contributed by atoms with Gasteiger partial charge >= 0.3 is 0 Å². The summed E-state index contributed by atoms with van der Waals surface area (Å²) in [7, 11) is 0. The second-order valence-corrected chi connectivity index (χ2v) is 6.09.